The van der Waals surface area contributed by atoms with Gasteiger partial charge in [-0.15, -0.1) is 11.8 Å². The first kappa shape index (κ1) is 17.7. The van der Waals surface area contributed by atoms with Crippen LogP contribution in [0.1, 0.15) is 26.7 Å². The molecule has 1 aromatic carbocycles. The van der Waals surface area contributed by atoms with Gasteiger partial charge in [-0.05, 0) is 44.5 Å². The molecule has 2 heterocycles. The Morgan fingerprint density at radius 2 is 2.08 bits per heavy atom. The summed E-state index contributed by atoms with van der Waals surface area (Å²) in [6.07, 6.45) is 0.113. The number of anilines is 1. The minimum Gasteiger partial charge on any atom is -0.451 e. The number of carbonyl (C=O) groups is 3. The summed E-state index contributed by atoms with van der Waals surface area (Å²) in [6.45, 7) is 3.41. The van der Waals surface area contributed by atoms with Gasteiger partial charge in [0.15, 0.2) is 6.10 Å². The average molecular weight is 366 g/mol. The van der Waals surface area contributed by atoms with Crippen molar-refractivity contribution in [3.8, 4) is 0 Å². The molecule has 0 aliphatic carbocycles. The van der Waals surface area contributed by atoms with Crippen molar-refractivity contribution < 1.29 is 23.5 Å². The van der Waals surface area contributed by atoms with E-state index in [9.17, 15) is 18.8 Å². The number of fused-ring (bicyclic) bond motifs is 1. The number of thioether (sulfide) groups is 1. The van der Waals surface area contributed by atoms with Crippen molar-refractivity contribution in [2.45, 2.75) is 43.7 Å². The highest BCUT2D eigenvalue weighted by Gasteiger charge is 2.53. The summed E-state index contributed by atoms with van der Waals surface area (Å²) in [6, 6.07) is 4.63. The highest BCUT2D eigenvalue weighted by atomic mass is 32.2. The van der Waals surface area contributed by atoms with Gasteiger partial charge in [0.05, 0.1) is 4.87 Å². The molecule has 0 aromatic heterocycles. The molecule has 2 aliphatic heterocycles. The van der Waals surface area contributed by atoms with E-state index < -0.39 is 29.8 Å². The molecule has 3 rings (SSSR count). The summed E-state index contributed by atoms with van der Waals surface area (Å²) in [7, 11) is 0. The fraction of sp³-hybridized carbons (Fsp3) is 0.471. The van der Waals surface area contributed by atoms with Crippen molar-refractivity contribution in [2.24, 2.45) is 0 Å². The van der Waals surface area contributed by atoms with Gasteiger partial charge >= 0.3 is 5.97 Å². The lowest BCUT2D eigenvalue weighted by Gasteiger charge is -2.29. The van der Waals surface area contributed by atoms with Crippen LogP contribution in [0.2, 0.25) is 0 Å². The smallest absolute Gasteiger partial charge is 0.330 e. The maximum Gasteiger partial charge on any atom is 0.330 e. The van der Waals surface area contributed by atoms with E-state index in [2.05, 4.69) is 5.32 Å². The van der Waals surface area contributed by atoms with Crippen LogP contribution in [0, 0.1) is 5.82 Å². The first-order chi connectivity index (χ1) is 11.8. The summed E-state index contributed by atoms with van der Waals surface area (Å²) in [5.41, 5.74) is 0.410. The van der Waals surface area contributed by atoms with Crippen molar-refractivity contribution in [1.29, 1.82) is 0 Å². The van der Waals surface area contributed by atoms with Crippen molar-refractivity contribution >= 4 is 35.2 Å². The summed E-state index contributed by atoms with van der Waals surface area (Å²) >= 11 is 1.56. The Morgan fingerprint density at radius 1 is 1.40 bits per heavy atom. The normalized spacial score (nSPS) is 26.3. The van der Waals surface area contributed by atoms with Gasteiger partial charge in [0.2, 0.25) is 5.91 Å². The zero-order chi connectivity index (χ0) is 18.2. The molecule has 134 valence electrons. The summed E-state index contributed by atoms with van der Waals surface area (Å²) < 4.78 is 18.1. The molecule has 1 aromatic rings. The van der Waals surface area contributed by atoms with E-state index in [0.717, 1.165) is 0 Å². The molecule has 3 atom stereocenters. The van der Waals surface area contributed by atoms with Crippen molar-refractivity contribution in [3.63, 3.8) is 0 Å². The van der Waals surface area contributed by atoms with Gasteiger partial charge in [0, 0.05) is 17.9 Å². The molecular weight excluding hydrogens is 347 g/mol. The molecule has 1 N–H and O–H groups in total. The van der Waals surface area contributed by atoms with Gasteiger partial charge in [0.25, 0.3) is 5.91 Å². The SMILES string of the molecule is C[C@@H](OC(=O)[C@H]1CS[C@@]2(C)CCC(=O)N12)C(=O)Nc1ccc(F)cc1. The van der Waals surface area contributed by atoms with Gasteiger partial charge in [-0.1, -0.05) is 0 Å². The van der Waals surface area contributed by atoms with E-state index in [4.69, 9.17) is 4.74 Å². The van der Waals surface area contributed by atoms with Gasteiger partial charge in [0.1, 0.15) is 11.9 Å². The molecule has 25 heavy (non-hydrogen) atoms. The van der Waals surface area contributed by atoms with E-state index >= 15 is 0 Å². The predicted octanol–water partition coefficient (Wildman–Crippen LogP) is 2.15. The summed E-state index contributed by atoms with van der Waals surface area (Å²) in [4.78, 5) is 37.8. The Bertz CT molecular complexity index is 711. The Balaban J connectivity index is 1.59. The van der Waals surface area contributed by atoms with Crippen LogP contribution in [0.3, 0.4) is 0 Å². The van der Waals surface area contributed by atoms with Gasteiger partial charge < -0.3 is 15.0 Å². The number of halogens is 1. The fourth-order valence-corrected chi connectivity index (χ4v) is 4.50. The highest BCUT2D eigenvalue weighted by Crippen LogP contribution is 2.47. The third-order valence-electron chi connectivity index (χ3n) is 4.49. The van der Waals surface area contributed by atoms with Crippen LogP contribution in [-0.4, -0.2) is 45.5 Å². The average Bonchev–Trinajstić information content (AvgIpc) is 3.06. The number of nitrogens with one attached hydrogen (secondary N) is 1. The van der Waals surface area contributed by atoms with Crippen molar-refractivity contribution in [1.82, 2.24) is 4.90 Å². The molecular formula is C17H19FN2O4S. The number of nitrogens with zero attached hydrogens (tertiary/aromatic N) is 1. The second kappa shape index (κ2) is 6.67. The van der Waals surface area contributed by atoms with Crippen LogP contribution in [0.25, 0.3) is 0 Å². The first-order valence-corrected chi connectivity index (χ1v) is 9.02. The lowest BCUT2D eigenvalue weighted by molar-refractivity contribution is -0.160. The number of amides is 2. The lowest BCUT2D eigenvalue weighted by atomic mass is 10.2. The maximum atomic E-state index is 12.9. The third-order valence-corrected chi connectivity index (χ3v) is 6.00. The van der Waals surface area contributed by atoms with Crippen LogP contribution in [0.15, 0.2) is 24.3 Å². The van der Waals surface area contributed by atoms with E-state index in [-0.39, 0.29) is 10.8 Å². The third kappa shape index (κ3) is 3.49. The number of rotatable bonds is 4. The van der Waals surface area contributed by atoms with E-state index in [1.54, 1.807) is 16.7 Å². The first-order valence-electron chi connectivity index (χ1n) is 8.03. The Kier molecular flexibility index (Phi) is 4.73. The number of hydrogen-bond donors (Lipinski definition) is 1. The molecule has 0 unspecified atom stereocenters. The van der Waals surface area contributed by atoms with Crippen LogP contribution in [-0.2, 0) is 19.1 Å². The monoisotopic (exact) mass is 366 g/mol. The molecule has 2 saturated heterocycles. The number of hydrogen-bond acceptors (Lipinski definition) is 5. The van der Waals surface area contributed by atoms with Crippen molar-refractivity contribution in [2.75, 3.05) is 11.1 Å². The zero-order valence-corrected chi connectivity index (χ0v) is 14.8. The topological polar surface area (TPSA) is 75.7 Å². The van der Waals surface area contributed by atoms with Gasteiger partial charge in [-0.25, -0.2) is 9.18 Å². The number of ether oxygens (including phenoxy) is 1. The fourth-order valence-electron chi connectivity index (χ4n) is 3.08. The van der Waals surface area contributed by atoms with Gasteiger partial charge in [-0.2, -0.15) is 0 Å². The minimum absolute atomic E-state index is 0.0575. The molecule has 0 saturated carbocycles. The Morgan fingerprint density at radius 3 is 2.76 bits per heavy atom. The minimum atomic E-state index is -1.02. The second-order valence-electron chi connectivity index (χ2n) is 6.34. The second-order valence-corrected chi connectivity index (χ2v) is 7.84. The van der Waals surface area contributed by atoms with Gasteiger partial charge in [-0.3, -0.25) is 9.59 Å². The predicted molar refractivity (Wildman–Crippen MR) is 91.3 cm³/mol. The molecule has 6 nitrogen and oxygen atoms in total. The molecule has 2 aliphatic rings. The number of esters is 1. The summed E-state index contributed by atoms with van der Waals surface area (Å²) in [5, 5.41) is 2.56. The standard InChI is InChI=1S/C17H19FN2O4S/c1-10(15(22)19-12-5-3-11(18)4-6-12)24-16(23)13-9-25-17(2)8-7-14(21)20(13)17/h3-6,10,13H,7-9H2,1-2H3,(H,19,22)/t10-,13-,17+/m1/s1. The largest absolute Gasteiger partial charge is 0.451 e. The zero-order valence-electron chi connectivity index (χ0n) is 14.0. The number of carbonyl (C=O) groups excluding carboxylic acids is 3. The molecule has 2 fully saturated rings. The molecule has 2 amide bonds. The molecule has 0 radical (unpaired) electrons. The van der Waals surface area contributed by atoms with Crippen LogP contribution < -0.4 is 5.32 Å². The Labute approximate surface area is 149 Å². The maximum absolute atomic E-state index is 12.9. The number of benzene rings is 1. The van der Waals surface area contributed by atoms with Crippen LogP contribution in [0.4, 0.5) is 10.1 Å². The van der Waals surface area contributed by atoms with E-state index in [0.29, 0.717) is 24.3 Å². The quantitative estimate of drug-likeness (QED) is 0.827. The van der Waals surface area contributed by atoms with E-state index in [1.165, 1.54) is 31.2 Å². The molecule has 8 heteroatoms. The Hall–Kier alpha value is -2.09. The van der Waals surface area contributed by atoms with E-state index in [1.807, 2.05) is 6.92 Å². The molecule has 0 bridgehead atoms. The summed E-state index contributed by atoms with van der Waals surface area (Å²) in [5.74, 6) is -1.09. The van der Waals surface area contributed by atoms with Crippen LogP contribution >= 0.6 is 11.8 Å². The lowest BCUT2D eigenvalue weighted by Crippen LogP contribution is -2.48. The van der Waals surface area contributed by atoms with Crippen molar-refractivity contribution in [3.05, 3.63) is 30.1 Å². The highest BCUT2D eigenvalue weighted by molar-refractivity contribution is 8.01. The molecule has 0 spiro atoms. The van der Waals surface area contributed by atoms with Crippen LogP contribution in [0.5, 0.6) is 0 Å².